The van der Waals surface area contributed by atoms with Gasteiger partial charge in [0.05, 0.1) is 11.1 Å². The Morgan fingerprint density at radius 1 is 1.21 bits per heavy atom. The second kappa shape index (κ2) is 9.79. The molecule has 11 heteroatoms. The summed E-state index contributed by atoms with van der Waals surface area (Å²) in [6, 6.07) is 7.56. The fourth-order valence-electron chi connectivity index (χ4n) is 3.20. The van der Waals surface area contributed by atoms with Crippen molar-refractivity contribution in [1.82, 2.24) is 10.3 Å². The summed E-state index contributed by atoms with van der Waals surface area (Å²) in [5, 5.41) is 14.5. The van der Waals surface area contributed by atoms with Crippen molar-refractivity contribution in [3.05, 3.63) is 41.1 Å². The minimum absolute atomic E-state index is 0.0623. The maximum Gasteiger partial charge on any atom is 0.340 e. The highest BCUT2D eigenvalue weighted by atomic mass is 32.2. The van der Waals surface area contributed by atoms with Gasteiger partial charge >= 0.3 is 12.0 Å². The monoisotopic (exact) mass is 468 g/mol. The quantitative estimate of drug-likeness (QED) is 0.484. The first-order valence-corrected chi connectivity index (χ1v) is 11.4. The molecule has 1 fully saturated rings. The van der Waals surface area contributed by atoms with Crippen molar-refractivity contribution in [1.29, 1.82) is 5.26 Å². The summed E-state index contributed by atoms with van der Waals surface area (Å²) < 4.78 is 15.9. The minimum atomic E-state index is -0.825. The SMILES string of the molecule is CSc1nc(C2CC2)cc(C(=O)OCC(=O)NC(=O)Nc2ccc3c(c2)OCCO3)c1C#N. The molecule has 1 aliphatic heterocycles. The van der Waals surface area contributed by atoms with Gasteiger partial charge in [-0.15, -0.1) is 11.8 Å². The van der Waals surface area contributed by atoms with Crippen LogP contribution in [0.2, 0.25) is 0 Å². The summed E-state index contributed by atoms with van der Waals surface area (Å²) in [7, 11) is 0. The summed E-state index contributed by atoms with van der Waals surface area (Å²) in [5.41, 5.74) is 1.30. The molecular formula is C22H20N4O6S. The molecule has 3 amide bonds. The molecular weight excluding hydrogens is 448 g/mol. The molecule has 2 heterocycles. The predicted octanol–water partition coefficient (Wildman–Crippen LogP) is 2.83. The predicted molar refractivity (Wildman–Crippen MR) is 118 cm³/mol. The summed E-state index contributed by atoms with van der Waals surface area (Å²) in [5.74, 6) is -0.326. The second-order valence-electron chi connectivity index (χ2n) is 7.30. The van der Waals surface area contributed by atoms with E-state index in [1.54, 1.807) is 30.5 Å². The first-order chi connectivity index (χ1) is 16.0. The number of thioether (sulfide) groups is 1. The van der Waals surface area contributed by atoms with Crippen LogP contribution in [0.15, 0.2) is 29.3 Å². The molecule has 2 aromatic rings. The molecule has 0 atom stereocenters. The van der Waals surface area contributed by atoms with E-state index in [-0.39, 0.29) is 17.0 Å². The fraction of sp³-hybridized carbons (Fsp3) is 0.318. The van der Waals surface area contributed by atoms with Crippen LogP contribution in [-0.4, -0.2) is 49.0 Å². The number of carbonyl (C=O) groups excluding carboxylic acids is 3. The van der Waals surface area contributed by atoms with E-state index in [0.29, 0.717) is 35.4 Å². The molecule has 33 heavy (non-hydrogen) atoms. The van der Waals surface area contributed by atoms with E-state index in [1.807, 2.05) is 6.07 Å². The average Bonchev–Trinajstić information content (AvgIpc) is 3.67. The van der Waals surface area contributed by atoms with Crippen LogP contribution < -0.4 is 20.1 Å². The molecule has 170 valence electrons. The van der Waals surface area contributed by atoms with E-state index in [2.05, 4.69) is 15.6 Å². The van der Waals surface area contributed by atoms with E-state index in [1.165, 1.54) is 11.8 Å². The van der Waals surface area contributed by atoms with Gasteiger partial charge in [-0.3, -0.25) is 10.1 Å². The summed E-state index contributed by atoms with van der Waals surface area (Å²) in [6.07, 6.45) is 3.72. The van der Waals surface area contributed by atoms with Gasteiger partial charge < -0.3 is 19.5 Å². The molecule has 0 radical (unpaired) electrons. The molecule has 2 aliphatic rings. The third kappa shape index (κ3) is 5.35. The molecule has 1 aromatic carbocycles. The van der Waals surface area contributed by atoms with Gasteiger partial charge in [-0.25, -0.2) is 14.6 Å². The highest BCUT2D eigenvalue weighted by molar-refractivity contribution is 7.98. The zero-order valence-electron chi connectivity index (χ0n) is 17.7. The number of imide groups is 1. The number of urea groups is 1. The lowest BCUT2D eigenvalue weighted by molar-refractivity contribution is -0.123. The molecule has 4 rings (SSSR count). The summed E-state index contributed by atoms with van der Waals surface area (Å²) >= 11 is 1.26. The second-order valence-corrected chi connectivity index (χ2v) is 8.10. The smallest absolute Gasteiger partial charge is 0.340 e. The van der Waals surface area contributed by atoms with Gasteiger partial charge in [0.25, 0.3) is 5.91 Å². The number of nitrogens with zero attached hydrogens (tertiary/aromatic N) is 2. The normalized spacial score (nSPS) is 14.1. The number of hydrogen-bond donors (Lipinski definition) is 2. The summed E-state index contributed by atoms with van der Waals surface area (Å²) in [4.78, 5) is 41.2. The highest BCUT2D eigenvalue weighted by Gasteiger charge is 2.29. The van der Waals surface area contributed by atoms with Crippen molar-refractivity contribution >= 4 is 35.4 Å². The number of rotatable bonds is 6. The number of aromatic nitrogens is 1. The van der Waals surface area contributed by atoms with Crippen molar-refractivity contribution < 1.29 is 28.6 Å². The Balaban J connectivity index is 1.34. The molecule has 0 bridgehead atoms. The molecule has 1 aliphatic carbocycles. The van der Waals surface area contributed by atoms with Crippen LogP contribution in [0.5, 0.6) is 11.5 Å². The zero-order valence-corrected chi connectivity index (χ0v) is 18.5. The van der Waals surface area contributed by atoms with Gasteiger partial charge in [-0.2, -0.15) is 5.26 Å². The summed E-state index contributed by atoms with van der Waals surface area (Å²) in [6.45, 7) is 0.162. The van der Waals surface area contributed by atoms with Crippen molar-refractivity contribution in [2.75, 3.05) is 31.4 Å². The Hall–Kier alpha value is -3.78. The van der Waals surface area contributed by atoms with Crippen LogP contribution in [-0.2, 0) is 9.53 Å². The van der Waals surface area contributed by atoms with E-state index in [4.69, 9.17) is 14.2 Å². The number of pyridine rings is 1. The number of esters is 1. The van der Waals surface area contributed by atoms with Crippen molar-refractivity contribution in [3.8, 4) is 17.6 Å². The Bertz CT molecular complexity index is 1160. The molecule has 0 unspecified atom stereocenters. The Labute approximate surface area is 193 Å². The molecule has 0 saturated heterocycles. The van der Waals surface area contributed by atoms with Gasteiger partial charge in [0.15, 0.2) is 18.1 Å². The van der Waals surface area contributed by atoms with Crippen LogP contribution in [0, 0.1) is 11.3 Å². The number of nitrogens with one attached hydrogen (secondary N) is 2. The number of hydrogen-bond acceptors (Lipinski definition) is 9. The average molecular weight is 468 g/mol. The molecule has 2 N–H and O–H groups in total. The standard InChI is InChI=1S/C22H20N4O6S/c1-33-20-15(10-23)14(9-16(25-20)12-2-3-12)21(28)32-11-19(27)26-22(29)24-13-4-5-17-18(8-13)31-7-6-30-17/h4-5,8-9,12H,2-3,6-7,11H2,1H3,(H2,24,26,27,29). The molecule has 1 saturated carbocycles. The van der Waals surface area contributed by atoms with E-state index in [0.717, 1.165) is 18.5 Å². The zero-order chi connectivity index (χ0) is 23.4. The number of benzene rings is 1. The Morgan fingerprint density at radius 2 is 1.97 bits per heavy atom. The van der Waals surface area contributed by atoms with Gasteiger partial charge in [0, 0.05) is 23.4 Å². The van der Waals surface area contributed by atoms with Crippen LogP contribution in [0.1, 0.15) is 40.4 Å². The fourth-order valence-corrected chi connectivity index (χ4v) is 3.76. The lowest BCUT2D eigenvalue weighted by Crippen LogP contribution is -2.37. The van der Waals surface area contributed by atoms with Crippen LogP contribution in [0.4, 0.5) is 10.5 Å². The molecule has 1 aromatic heterocycles. The van der Waals surface area contributed by atoms with Gasteiger partial charge in [-0.1, -0.05) is 0 Å². The van der Waals surface area contributed by atoms with Gasteiger partial charge in [0.2, 0.25) is 0 Å². The molecule has 0 spiro atoms. The van der Waals surface area contributed by atoms with Crippen molar-refractivity contribution in [3.63, 3.8) is 0 Å². The maximum atomic E-state index is 12.6. The largest absolute Gasteiger partial charge is 0.486 e. The number of carbonyl (C=O) groups is 3. The van der Waals surface area contributed by atoms with Crippen LogP contribution >= 0.6 is 11.8 Å². The van der Waals surface area contributed by atoms with Crippen molar-refractivity contribution in [2.45, 2.75) is 23.8 Å². The number of fused-ring (bicyclic) bond motifs is 1. The lowest BCUT2D eigenvalue weighted by atomic mass is 10.1. The number of amides is 3. The highest BCUT2D eigenvalue weighted by Crippen LogP contribution is 2.40. The Kier molecular flexibility index (Phi) is 6.65. The third-order valence-electron chi connectivity index (χ3n) is 4.91. The van der Waals surface area contributed by atoms with E-state index >= 15 is 0 Å². The Morgan fingerprint density at radius 3 is 2.67 bits per heavy atom. The maximum absolute atomic E-state index is 12.6. The first kappa shape index (κ1) is 22.4. The van der Waals surface area contributed by atoms with Crippen LogP contribution in [0.3, 0.4) is 0 Å². The molecule has 10 nitrogen and oxygen atoms in total. The van der Waals surface area contributed by atoms with E-state index < -0.39 is 24.5 Å². The number of anilines is 1. The van der Waals surface area contributed by atoms with Gasteiger partial charge in [-0.05, 0) is 37.3 Å². The topological polar surface area (TPSA) is 140 Å². The minimum Gasteiger partial charge on any atom is -0.486 e. The van der Waals surface area contributed by atoms with Crippen LogP contribution in [0.25, 0.3) is 0 Å². The first-order valence-electron chi connectivity index (χ1n) is 10.1. The van der Waals surface area contributed by atoms with Gasteiger partial charge in [0.1, 0.15) is 24.3 Å². The third-order valence-corrected chi connectivity index (χ3v) is 5.60. The van der Waals surface area contributed by atoms with Crippen molar-refractivity contribution in [2.24, 2.45) is 0 Å². The lowest BCUT2D eigenvalue weighted by Gasteiger charge is -2.19. The number of nitriles is 1. The van der Waals surface area contributed by atoms with E-state index in [9.17, 15) is 19.6 Å². The number of ether oxygens (including phenoxy) is 3.